The van der Waals surface area contributed by atoms with Gasteiger partial charge in [-0.25, -0.2) is 0 Å². The van der Waals surface area contributed by atoms with Gasteiger partial charge in [0.05, 0.1) is 22.2 Å². The number of para-hydroxylation sites is 2. The Bertz CT molecular complexity index is 3100. The number of benzene rings is 8. The summed E-state index contributed by atoms with van der Waals surface area (Å²) >= 11 is 0. The quantitative estimate of drug-likeness (QED) is 0.157. The van der Waals surface area contributed by atoms with Crippen LogP contribution in [0.15, 0.2) is 200 Å². The predicted molar refractivity (Wildman–Crippen MR) is 261 cm³/mol. The van der Waals surface area contributed by atoms with Crippen molar-refractivity contribution in [3.05, 3.63) is 211 Å². The molecular formula is C58H51N3. The molecule has 0 aliphatic heterocycles. The molecule has 0 radical (unpaired) electrons. The molecule has 10 aromatic rings. The number of hydrogen-bond donors (Lipinski definition) is 0. The fourth-order valence-corrected chi connectivity index (χ4v) is 9.13. The minimum atomic E-state index is 0.0532. The van der Waals surface area contributed by atoms with E-state index in [-0.39, 0.29) is 10.8 Å². The number of rotatable bonds is 7. The van der Waals surface area contributed by atoms with Gasteiger partial charge in [0.2, 0.25) is 0 Å². The minimum absolute atomic E-state index is 0.0532. The van der Waals surface area contributed by atoms with Crippen molar-refractivity contribution in [2.75, 3.05) is 4.90 Å². The van der Waals surface area contributed by atoms with Crippen molar-refractivity contribution >= 4 is 49.8 Å². The first-order valence-corrected chi connectivity index (χ1v) is 21.4. The highest BCUT2D eigenvalue weighted by molar-refractivity contribution is 6.22. The Morgan fingerprint density at radius 2 is 0.852 bits per heavy atom. The molecule has 0 aliphatic carbocycles. The van der Waals surface area contributed by atoms with Crippen LogP contribution in [0.1, 0.15) is 52.7 Å². The summed E-state index contributed by atoms with van der Waals surface area (Å²) in [4.78, 5) is 2.40. The van der Waals surface area contributed by atoms with Crippen LogP contribution in [0.5, 0.6) is 0 Å². The second kappa shape index (κ2) is 14.9. The molecule has 10 rings (SSSR count). The highest BCUT2D eigenvalue weighted by Gasteiger charge is 2.27. The zero-order valence-electron chi connectivity index (χ0n) is 35.9. The molecule has 0 atom stereocenters. The van der Waals surface area contributed by atoms with Crippen molar-refractivity contribution in [2.45, 2.75) is 52.4 Å². The number of nitrogens with zero attached hydrogens (tertiary/aromatic N) is 3. The first kappa shape index (κ1) is 38.1. The van der Waals surface area contributed by atoms with Crippen LogP contribution in [0.3, 0.4) is 0 Å². The number of anilines is 3. The minimum Gasteiger partial charge on any atom is -0.310 e. The van der Waals surface area contributed by atoms with Gasteiger partial charge < -0.3 is 14.0 Å². The maximum Gasteiger partial charge on any atom is 0.0789 e. The van der Waals surface area contributed by atoms with Gasteiger partial charge >= 0.3 is 0 Å². The molecule has 0 amide bonds. The van der Waals surface area contributed by atoms with E-state index in [2.05, 4.69) is 256 Å². The molecule has 0 N–H and O–H groups in total. The van der Waals surface area contributed by atoms with E-state index in [0.29, 0.717) is 0 Å². The third kappa shape index (κ3) is 6.71. The normalized spacial score (nSPS) is 12.1. The summed E-state index contributed by atoms with van der Waals surface area (Å²) in [6.45, 7) is 13.6. The zero-order chi connectivity index (χ0) is 41.9. The van der Waals surface area contributed by atoms with Crippen LogP contribution in [0.4, 0.5) is 17.1 Å². The molecular weight excluding hydrogens is 739 g/mol. The third-order valence-corrected chi connectivity index (χ3v) is 12.2. The smallest absolute Gasteiger partial charge is 0.0789 e. The summed E-state index contributed by atoms with van der Waals surface area (Å²) in [6.07, 6.45) is 0. The number of hydrogen-bond acceptors (Lipinski definition) is 1. The van der Waals surface area contributed by atoms with E-state index in [9.17, 15) is 0 Å². The van der Waals surface area contributed by atoms with Gasteiger partial charge in [-0.05, 0) is 93.7 Å². The van der Waals surface area contributed by atoms with Gasteiger partial charge in [0.15, 0.2) is 0 Å². The maximum absolute atomic E-state index is 2.51. The van der Waals surface area contributed by atoms with Crippen molar-refractivity contribution < 1.29 is 0 Å². The molecule has 0 saturated heterocycles. The van der Waals surface area contributed by atoms with Crippen LogP contribution >= 0.6 is 0 Å². The largest absolute Gasteiger partial charge is 0.310 e. The first-order valence-electron chi connectivity index (χ1n) is 21.4. The van der Waals surface area contributed by atoms with Crippen LogP contribution in [-0.4, -0.2) is 9.13 Å². The Morgan fingerprint density at radius 1 is 0.361 bits per heavy atom. The van der Waals surface area contributed by atoms with Crippen molar-refractivity contribution in [3.8, 4) is 33.8 Å². The standard InChI is InChI=1S/C58H51N3/c1-57(2,3)42-29-33-45(34-30-42)59(46-35-31-43(32-36-46)58(4,5)6)47-25-18-26-48(39-47)60-52-28-17-16-27-49(52)50-37-38-51-53(40-19-10-7-11-20-40)54(41-21-12-8-13-22-41)61(56(51)55(50)60)44-23-14-9-15-24-44/h7-39H,1-6H3. The van der Waals surface area contributed by atoms with Crippen LogP contribution < -0.4 is 4.90 Å². The Labute approximate surface area is 359 Å². The highest BCUT2D eigenvalue weighted by Crippen LogP contribution is 2.48. The fourth-order valence-electron chi connectivity index (χ4n) is 9.13. The lowest BCUT2D eigenvalue weighted by Gasteiger charge is -2.28. The molecule has 0 fully saturated rings. The van der Waals surface area contributed by atoms with Crippen LogP contribution in [0.2, 0.25) is 0 Å². The van der Waals surface area contributed by atoms with Crippen LogP contribution in [-0.2, 0) is 10.8 Å². The Balaban J connectivity index is 1.29. The molecule has 0 aliphatic rings. The van der Waals surface area contributed by atoms with E-state index < -0.39 is 0 Å². The van der Waals surface area contributed by atoms with Gasteiger partial charge in [0.25, 0.3) is 0 Å². The first-order chi connectivity index (χ1) is 29.6. The van der Waals surface area contributed by atoms with E-state index >= 15 is 0 Å². The Kier molecular flexibility index (Phi) is 9.29. The van der Waals surface area contributed by atoms with Crippen LogP contribution in [0, 0.1) is 0 Å². The van der Waals surface area contributed by atoms with Gasteiger partial charge in [0.1, 0.15) is 0 Å². The molecule has 0 spiro atoms. The second-order valence-corrected chi connectivity index (χ2v) is 18.3. The topological polar surface area (TPSA) is 13.1 Å². The molecule has 8 aromatic carbocycles. The molecule has 3 heteroatoms. The number of fused-ring (bicyclic) bond motifs is 5. The molecule has 0 bridgehead atoms. The lowest BCUT2D eigenvalue weighted by molar-refractivity contribution is 0.590. The SMILES string of the molecule is CC(C)(C)c1ccc(N(c2ccc(C(C)(C)C)cc2)c2cccc(-n3c4ccccc4c4ccc5c(-c6ccccc6)c(-c6ccccc6)n(-c6ccccc6)c5c43)c2)cc1. The number of aromatic nitrogens is 2. The molecule has 298 valence electrons. The van der Waals surface area contributed by atoms with Crippen molar-refractivity contribution in [1.29, 1.82) is 0 Å². The van der Waals surface area contributed by atoms with Crippen molar-refractivity contribution in [3.63, 3.8) is 0 Å². The third-order valence-electron chi connectivity index (χ3n) is 12.2. The molecule has 2 heterocycles. The van der Waals surface area contributed by atoms with Gasteiger partial charge in [-0.3, -0.25) is 0 Å². The molecule has 2 aromatic heterocycles. The average Bonchev–Trinajstić information content (AvgIpc) is 3.81. The van der Waals surface area contributed by atoms with Gasteiger partial charge in [0, 0.05) is 50.2 Å². The Hall–Kier alpha value is -7.10. The summed E-state index contributed by atoms with van der Waals surface area (Å²) < 4.78 is 5.01. The Morgan fingerprint density at radius 3 is 1.44 bits per heavy atom. The van der Waals surface area contributed by atoms with E-state index in [0.717, 1.165) is 28.4 Å². The second-order valence-electron chi connectivity index (χ2n) is 18.3. The van der Waals surface area contributed by atoms with Gasteiger partial charge in [-0.1, -0.05) is 181 Å². The highest BCUT2D eigenvalue weighted by atomic mass is 15.1. The summed E-state index contributed by atoms with van der Waals surface area (Å²) in [5.74, 6) is 0. The average molecular weight is 790 g/mol. The zero-order valence-corrected chi connectivity index (χ0v) is 35.9. The molecule has 61 heavy (non-hydrogen) atoms. The fraction of sp³-hybridized carbons (Fsp3) is 0.138. The summed E-state index contributed by atoms with van der Waals surface area (Å²) in [5, 5.41) is 3.65. The summed E-state index contributed by atoms with van der Waals surface area (Å²) in [7, 11) is 0. The predicted octanol–water partition coefficient (Wildman–Crippen LogP) is 16.1. The monoisotopic (exact) mass is 789 g/mol. The lowest BCUT2D eigenvalue weighted by Crippen LogP contribution is -2.14. The van der Waals surface area contributed by atoms with E-state index in [1.54, 1.807) is 0 Å². The van der Waals surface area contributed by atoms with Crippen molar-refractivity contribution in [1.82, 2.24) is 9.13 Å². The molecule has 0 saturated carbocycles. The van der Waals surface area contributed by atoms with Crippen LogP contribution in [0.25, 0.3) is 66.5 Å². The van der Waals surface area contributed by atoms with E-state index in [1.165, 1.54) is 66.2 Å². The molecule has 3 nitrogen and oxygen atoms in total. The van der Waals surface area contributed by atoms with E-state index in [1.807, 2.05) is 0 Å². The lowest BCUT2D eigenvalue weighted by atomic mass is 9.86. The molecule has 0 unspecified atom stereocenters. The maximum atomic E-state index is 2.51. The summed E-state index contributed by atoms with van der Waals surface area (Å²) in [6, 6.07) is 73.6. The van der Waals surface area contributed by atoms with Gasteiger partial charge in [-0.15, -0.1) is 0 Å². The summed E-state index contributed by atoms with van der Waals surface area (Å²) in [5.41, 5.74) is 16.6. The van der Waals surface area contributed by atoms with Gasteiger partial charge in [-0.2, -0.15) is 0 Å². The van der Waals surface area contributed by atoms with Crippen molar-refractivity contribution in [2.24, 2.45) is 0 Å². The van der Waals surface area contributed by atoms with E-state index in [4.69, 9.17) is 0 Å².